The van der Waals surface area contributed by atoms with Crippen LogP contribution in [0.2, 0.25) is 0 Å². The van der Waals surface area contributed by atoms with E-state index in [0.717, 1.165) is 28.6 Å². The van der Waals surface area contributed by atoms with Crippen molar-refractivity contribution in [2.45, 2.75) is 25.8 Å². The van der Waals surface area contributed by atoms with Gasteiger partial charge in [0.1, 0.15) is 5.52 Å². The molecular formula is C20H18N2O4. The highest BCUT2D eigenvalue weighted by molar-refractivity contribution is 5.88. The number of rotatable bonds is 4. The lowest BCUT2D eigenvalue weighted by atomic mass is 9.97. The van der Waals surface area contributed by atoms with Crippen molar-refractivity contribution in [2.75, 3.05) is 6.54 Å². The molecule has 0 saturated heterocycles. The molecule has 1 aliphatic rings. The lowest BCUT2D eigenvalue weighted by Crippen LogP contribution is -2.36. The van der Waals surface area contributed by atoms with Crippen LogP contribution in [0.15, 0.2) is 46.9 Å². The molecule has 0 unspecified atom stereocenters. The van der Waals surface area contributed by atoms with Crippen molar-refractivity contribution >= 4 is 23.0 Å². The standard InChI is InChI=1S/C20H18N2O4/c23-19(8-7-18-21-16-3-1-2-4-17(16)26-18)22-10-9-13-5-6-14(20(24)25)11-15(13)12-22/h1-6,11H,7-10,12H2,(H,24,25). The summed E-state index contributed by atoms with van der Waals surface area (Å²) in [6.45, 7) is 1.09. The van der Waals surface area contributed by atoms with Crippen LogP contribution in [0.3, 0.4) is 0 Å². The van der Waals surface area contributed by atoms with Gasteiger partial charge in [-0.25, -0.2) is 9.78 Å². The van der Waals surface area contributed by atoms with Gasteiger partial charge in [0.15, 0.2) is 11.5 Å². The number of amides is 1. The second-order valence-electron chi connectivity index (χ2n) is 6.43. The number of aryl methyl sites for hydroxylation is 1. The van der Waals surface area contributed by atoms with Crippen LogP contribution in [-0.4, -0.2) is 33.4 Å². The van der Waals surface area contributed by atoms with Gasteiger partial charge in [-0.05, 0) is 41.8 Å². The fraction of sp³-hybridized carbons (Fsp3) is 0.250. The Labute approximate surface area is 150 Å². The number of carboxylic acids is 1. The number of hydrogen-bond acceptors (Lipinski definition) is 4. The Balaban J connectivity index is 1.42. The Kier molecular flexibility index (Phi) is 4.16. The Morgan fingerprint density at radius 3 is 2.81 bits per heavy atom. The Hall–Kier alpha value is -3.15. The van der Waals surface area contributed by atoms with E-state index in [0.29, 0.717) is 31.8 Å². The number of carboxylic acid groups (broad SMARTS) is 1. The van der Waals surface area contributed by atoms with Crippen molar-refractivity contribution in [1.29, 1.82) is 0 Å². The molecule has 0 bridgehead atoms. The summed E-state index contributed by atoms with van der Waals surface area (Å²) in [4.78, 5) is 29.9. The maximum atomic E-state index is 12.6. The van der Waals surface area contributed by atoms with Gasteiger partial charge in [0.25, 0.3) is 0 Å². The lowest BCUT2D eigenvalue weighted by Gasteiger charge is -2.29. The quantitative estimate of drug-likeness (QED) is 0.782. The summed E-state index contributed by atoms with van der Waals surface area (Å²) in [5.41, 5.74) is 3.79. The van der Waals surface area contributed by atoms with Crippen molar-refractivity contribution < 1.29 is 19.1 Å². The Morgan fingerprint density at radius 1 is 1.15 bits per heavy atom. The van der Waals surface area contributed by atoms with Gasteiger partial charge in [0, 0.05) is 25.9 Å². The number of oxazole rings is 1. The molecule has 26 heavy (non-hydrogen) atoms. The van der Waals surface area contributed by atoms with Crippen molar-refractivity contribution in [3.63, 3.8) is 0 Å². The molecule has 6 nitrogen and oxygen atoms in total. The fourth-order valence-electron chi connectivity index (χ4n) is 3.30. The molecule has 2 heterocycles. The minimum Gasteiger partial charge on any atom is -0.478 e. The minimum atomic E-state index is -0.952. The summed E-state index contributed by atoms with van der Waals surface area (Å²) in [5, 5.41) is 9.13. The van der Waals surface area contributed by atoms with E-state index in [1.165, 1.54) is 0 Å². The molecule has 0 atom stereocenters. The normalized spacial score (nSPS) is 13.6. The maximum absolute atomic E-state index is 12.6. The van der Waals surface area contributed by atoms with Crippen molar-refractivity contribution in [3.05, 3.63) is 65.0 Å². The van der Waals surface area contributed by atoms with E-state index in [9.17, 15) is 9.59 Å². The summed E-state index contributed by atoms with van der Waals surface area (Å²) < 4.78 is 5.66. The summed E-state index contributed by atoms with van der Waals surface area (Å²) >= 11 is 0. The molecule has 1 N–H and O–H groups in total. The van der Waals surface area contributed by atoms with E-state index in [2.05, 4.69) is 4.98 Å². The molecule has 1 aliphatic heterocycles. The van der Waals surface area contributed by atoms with Crippen LogP contribution in [0.25, 0.3) is 11.1 Å². The zero-order valence-electron chi connectivity index (χ0n) is 14.1. The number of aromatic carboxylic acids is 1. The van der Waals surface area contributed by atoms with E-state index >= 15 is 0 Å². The topological polar surface area (TPSA) is 83.6 Å². The first-order chi connectivity index (χ1) is 12.6. The first-order valence-corrected chi connectivity index (χ1v) is 8.57. The first kappa shape index (κ1) is 16.3. The molecular weight excluding hydrogens is 332 g/mol. The number of benzene rings is 2. The first-order valence-electron chi connectivity index (χ1n) is 8.57. The molecule has 3 aromatic rings. The highest BCUT2D eigenvalue weighted by Crippen LogP contribution is 2.22. The van der Waals surface area contributed by atoms with Gasteiger partial charge in [-0.3, -0.25) is 4.79 Å². The maximum Gasteiger partial charge on any atom is 0.335 e. The van der Waals surface area contributed by atoms with Gasteiger partial charge >= 0.3 is 5.97 Å². The summed E-state index contributed by atoms with van der Waals surface area (Å²) in [7, 11) is 0. The molecule has 4 rings (SSSR count). The lowest BCUT2D eigenvalue weighted by molar-refractivity contribution is -0.132. The number of aromatic nitrogens is 1. The SMILES string of the molecule is O=C(O)c1ccc2c(c1)CN(C(=O)CCc1nc3ccccc3o1)CC2. The largest absolute Gasteiger partial charge is 0.478 e. The van der Waals surface area contributed by atoms with Crippen LogP contribution in [0.5, 0.6) is 0 Å². The predicted octanol–water partition coefficient (Wildman–Crippen LogP) is 3.04. The average molecular weight is 350 g/mol. The number of carbonyl (C=O) groups is 2. The second kappa shape index (κ2) is 6.63. The molecule has 0 fully saturated rings. The number of nitrogens with zero attached hydrogens (tertiary/aromatic N) is 2. The average Bonchev–Trinajstić information content (AvgIpc) is 3.08. The molecule has 0 spiro atoms. The van der Waals surface area contributed by atoms with Crippen molar-refractivity contribution in [1.82, 2.24) is 9.88 Å². The molecule has 1 amide bonds. The van der Waals surface area contributed by atoms with Crippen LogP contribution in [0, 0.1) is 0 Å². The molecule has 0 aliphatic carbocycles. The van der Waals surface area contributed by atoms with E-state index < -0.39 is 5.97 Å². The molecule has 132 valence electrons. The highest BCUT2D eigenvalue weighted by atomic mass is 16.4. The fourth-order valence-corrected chi connectivity index (χ4v) is 3.30. The minimum absolute atomic E-state index is 0.0265. The molecule has 0 saturated carbocycles. The zero-order valence-corrected chi connectivity index (χ0v) is 14.1. The van der Waals surface area contributed by atoms with Gasteiger partial charge in [-0.1, -0.05) is 18.2 Å². The van der Waals surface area contributed by atoms with Crippen LogP contribution in [0.4, 0.5) is 0 Å². The van der Waals surface area contributed by atoms with Crippen LogP contribution < -0.4 is 0 Å². The third-order valence-corrected chi connectivity index (χ3v) is 4.71. The summed E-state index contributed by atoms with van der Waals surface area (Å²) in [6.07, 6.45) is 1.51. The predicted molar refractivity (Wildman–Crippen MR) is 94.9 cm³/mol. The molecule has 6 heteroatoms. The molecule has 1 aromatic heterocycles. The molecule has 0 radical (unpaired) electrons. The summed E-state index contributed by atoms with van der Waals surface area (Å²) in [5.74, 6) is -0.365. The third kappa shape index (κ3) is 3.18. The molecule has 2 aromatic carbocycles. The van der Waals surface area contributed by atoms with Crippen LogP contribution in [-0.2, 0) is 24.2 Å². The van der Waals surface area contributed by atoms with Gasteiger partial charge in [-0.15, -0.1) is 0 Å². The number of fused-ring (bicyclic) bond motifs is 2. The van der Waals surface area contributed by atoms with Crippen LogP contribution >= 0.6 is 0 Å². The third-order valence-electron chi connectivity index (χ3n) is 4.71. The number of hydrogen-bond donors (Lipinski definition) is 1. The summed E-state index contributed by atoms with van der Waals surface area (Å²) in [6, 6.07) is 12.7. The van der Waals surface area contributed by atoms with Crippen molar-refractivity contribution in [2.24, 2.45) is 0 Å². The van der Waals surface area contributed by atoms with E-state index in [-0.39, 0.29) is 11.5 Å². The van der Waals surface area contributed by atoms with Gasteiger partial charge in [-0.2, -0.15) is 0 Å². The Morgan fingerprint density at radius 2 is 2.00 bits per heavy atom. The van der Waals surface area contributed by atoms with Gasteiger partial charge < -0.3 is 14.4 Å². The number of para-hydroxylation sites is 2. The monoisotopic (exact) mass is 350 g/mol. The number of carbonyl (C=O) groups excluding carboxylic acids is 1. The van der Waals surface area contributed by atoms with E-state index in [4.69, 9.17) is 9.52 Å². The smallest absolute Gasteiger partial charge is 0.335 e. The Bertz CT molecular complexity index is 959. The van der Waals surface area contributed by atoms with Gasteiger partial charge in [0.2, 0.25) is 5.91 Å². The van der Waals surface area contributed by atoms with E-state index in [1.54, 1.807) is 17.0 Å². The van der Waals surface area contributed by atoms with Crippen molar-refractivity contribution in [3.8, 4) is 0 Å². The van der Waals surface area contributed by atoms with Crippen LogP contribution in [0.1, 0.15) is 33.8 Å². The van der Waals surface area contributed by atoms with E-state index in [1.807, 2.05) is 30.3 Å². The second-order valence-corrected chi connectivity index (χ2v) is 6.43. The zero-order chi connectivity index (χ0) is 18.1. The van der Waals surface area contributed by atoms with Gasteiger partial charge in [0.05, 0.1) is 5.56 Å². The highest BCUT2D eigenvalue weighted by Gasteiger charge is 2.22.